The number of non-ortho nitro benzene ring substituents is 1. The number of rotatable bonds is 3. The average molecular weight is 261 g/mol. The van der Waals surface area contributed by atoms with Crippen molar-refractivity contribution in [1.82, 2.24) is 10.3 Å². The molecule has 100 valence electrons. The highest BCUT2D eigenvalue weighted by Crippen LogP contribution is 2.34. The molecule has 1 fully saturated rings. The van der Waals surface area contributed by atoms with Crippen LogP contribution in [0.5, 0.6) is 0 Å². The van der Waals surface area contributed by atoms with E-state index < -0.39 is 11.0 Å². The van der Waals surface area contributed by atoms with Gasteiger partial charge < -0.3 is 15.4 Å². The van der Waals surface area contributed by atoms with E-state index in [1.807, 2.05) is 0 Å². The number of fused-ring (bicyclic) bond motifs is 1. The number of aromatic nitrogens is 1. The zero-order chi connectivity index (χ0) is 13.4. The van der Waals surface area contributed by atoms with Crippen LogP contribution in [0.3, 0.4) is 0 Å². The summed E-state index contributed by atoms with van der Waals surface area (Å²) in [4.78, 5) is 13.7. The topological polar surface area (TPSA) is 91.2 Å². The molecular weight excluding hydrogens is 246 g/mol. The quantitative estimate of drug-likeness (QED) is 0.581. The van der Waals surface area contributed by atoms with Crippen molar-refractivity contribution in [1.29, 1.82) is 0 Å². The number of aliphatic hydroxyl groups excluding tert-OH is 1. The molecule has 0 spiro atoms. The van der Waals surface area contributed by atoms with Crippen LogP contribution in [0.1, 0.15) is 24.5 Å². The van der Waals surface area contributed by atoms with E-state index in [9.17, 15) is 15.2 Å². The maximum atomic E-state index is 11.1. The van der Waals surface area contributed by atoms with Gasteiger partial charge in [0.25, 0.3) is 5.69 Å². The Kier molecular flexibility index (Phi) is 2.96. The zero-order valence-corrected chi connectivity index (χ0v) is 10.3. The second kappa shape index (κ2) is 4.64. The van der Waals surface area contributed by atoms with Crippen LogP contribution in [0.15, 0.2) is 24.4 Å². The van der Waals surface area contributed by atoms with E-state index in [4.69, 9.17) is 0 Å². The number of nitrogens with zero attached hydrogens (tertiary/aromatic N) is 1. The smallest absolute Gasteiger partial charge is 0.279 e. The van der Waals surface area contributed by atoms with Crippen LogP contribution in [0.2, 0.25) is 0 Å². The minimum atomic E-state index is -0.725. The van der Waals surface area contributed by atoms with Crippen LogP contribution in [0.25, 0.3) is 10.9 Å². The Labute approximate surface area is 109 Å². The Morgan fingerprint density at radius 1 is 1.47 bits per heavy atom. The van der Waals surface area contributed by atoms with Crippen molar-refractivity contribution in [3.05, 3.63) is 40.1 Å². The number of hydrogen-bond donors (Lipinski definition) is 3. The molecule has 6 nitrogen and oxygen atoms in total. The summed E-state index contributed by atoms with van der Waals surface area (Å²) in [6, 6.07) is 4.86. The number of benzene rings is 1. The fourth-order valence-corrected chi connectivity index (χ4v) is 2.77. The molecular formula is C13H15N3O3. The summed E-state index contributed by atoms with van der Waals surface area (Å²) in [5, 5.41) is 25.2. The first-order valence-electron chi connectivity index (χ1n) is 6.34. The molecule has 2 unspecified atom stereocenters. The van der Waals surface area contributed by atoms with Crippen molar-refractivity contribution in [2.75, 3.05) is 6.54 Å². The minimum absolute atomic E-state index is 0.0289. The highest BCUT2D eigenvalue weighted by Gasteiger charge is 2.28. The number of hydrogen-bond acceptors (Lipinski definition) is 4. The molecule has 1 aliphatic rings. The predicted molar refractivity (Wildman–Crippen MR) is 70.9 cm³/mol. The van der Waals surface area contributed by atoms with Gasteiger partial charge in [0.05, 0.1) is 21.9 Å². The second-order valence-corrected chi connectivity index (χ2v) is 4.85. The van der Waals surface area contributed by atoms with Gasteiger partial charge in [0, 0.05) is 23.9 Å². The van der Waals surface area contributed by atoms with Gasteiger partial charge >= 0.3 is 0 Å². The SMILES string of the molecule is O=[N+]([O-])c1cccc2[nH]cc(C(O)C3CCCN3)c12. The highest BCUT2D eigenvalue weighted by atomic mass is 16.6. The van der Waals surface area contributed by atoms with Crippen molar-refractivity contribution in [2.45, 2.75) is 25.0 Å². The Morgan fingerprint density at radius 3 is 3.00 bits per heavy atom. The summed E-state index contributed by atoms with van der Waals surface area (Å²) in [6.45, 7) is 0.881. The van der Waals surface area contributed by atoms with E-state index in [-0.39, 0.29) is 11.7 Å². The van der Waals surface area contributed by atoms with E-state index in [0.29, 0.717) is 16.5 Å². The van der Waals surface area contributed by atoms with Gasteiger partial charge in [0.15, 0.2) is 0 Å². The fraction of sp³-hybridized carbons (Fsp3) is 0.385. The van der Waals surface area contributed by atoms with Gasteiger partial charge in [-0.2, -0.15) is 0 Å². The molecule has 0 aliphatic carbocycles. The first-order valence-corrected chi connectivity index (χ1v) is 6.34. The van der Waals surface area contributed by atoms with Gasteiger partial charge in [-0.15, -0.1) is 0 Å². The molecule has 1 aliphatic heterocycles. The normalized spacial score (nSPS) is 20.8. The Balaban J connectivity index is 2.10. The van der Waals surface area contributed by atoms with Gasteiger partial charge in [0.1, 0.15) is 0 Å². The van der Waals surface area contributed by atoms with Crippen molar-refractivity contribution < 1.29 is 10.0 Å². The maximum absolute atomic E-state index is 11.1. The van der Waals surface area contributed by atoms with Crippen molar-refractivity contribution in [2.24, 2.45) is 0 Å². The summed E-state index contributed by atoms with van der Waals surface area (Å²) >= 11 is 0. The number of nitro groups is 1. The van der Waals surface area contributed by atoms with Crippen LogP contribution in [-0.2, 0) is 0 Å². The third-order valence-electron chi connectivity index (χ3n) is 3.71. The van der Waals surface area contributed by atoms with E-state index in [0.717, 1.165) is 19.4 Å². The molecule has 2 heterocycles. The fourth-order valence-electron chi connectivity index (χ4n) is 2.77. The minimum Gasteiger partial charge on any atom is -0.387 e. The molecule has 0 saturated carbocycles. The molecule has 2 atom stereocenters. The molecule has 19 heavy (non-hydrogen) atoms. The molecule has 3 N–H and O–H groups in total. The Hall–Kier alpha value is -1.92. The average Bonchev–Trinajstić information content (AvgIpc) is 3.06. The summed E-state index contributed by atoms with van der Waals surface area (Å²) in [5.74, 6) is 0. The molecule has 6 heteroatoms. The van der Waals surface area contributed by atoms with Gasteiger partial charge in [0.2, 0.25) is 0 Å². The molecule has 2 aromatic rings. The number of nitro benzene ring substituents is 1. The third-order valence-corrected chi connectivity index (χ3v) is 3.71. The highest BCUT2D eigenvalue weighted by molar-refractivity contribution is 5.92. The molecule has 0 amide bonds. The molecule has 3 rings (SSSR count). The van der Waals surface area contributed by atoms with E-state index >= 15 is 0 Å². The lowest BCUT2D eigenvalue weighted by molar-refractivity contribution is -0.383. The summed E-state index contributed by atoms with van der Waals surface area (Å²) in [5.41, 5.74) is 1.31. The second-order valence-electron chi connectivity index (χ2n) is 4.85. The van der Waals surface area contributed by atoms with Crippen LogP contribution < -0.4 is 5.32 Å². The first kappa shape index (κ1) is 12.1. The lowest BCUT2D eigenvalue weighted by atomic mass is 9.99. The monoisotopic (exact) mass is 261 g/mol. The standard InChI is InChI=1S/C13H15N3O3/c17-13(10-4-2-6-14-10)8-7-15-9-3-1-5-11(12(8)9)16(18)19/h1,3,5,7,10,13-15,17H,2,4,6H2. The zero-order valence-electron chi connectivity index (χ0n) is 10.3. The van der Waals surface area contributed by atoms with Crippen molar-refractivity contribution in [3.8, 4) is 0 Å². The third kappa shape index (κ3) is 1.98. The Bertz CT molecular complexity index is 617. The summed E-state index contributed by atoms with van der Waals surface area (Å²) < 4.78 is 0. The summed E-state index contributed by atoms with van der Waals surface area (Å²) in [7, 11) is 0. The first-order chi connectivity index (χ1) is 9.18. The number of nitrogens with one attached hydrogen (secondary N) is 2. The van der Waals surface area contributed by atoms with E-state index in [1.165, 1.54) is 6.07 Å². The number of H-pyrrole nitrogens is 1. The van der Waals surface area contributed by atoms with Crippen LogP contribution >= 0.6 is 0 Å². The van der Waals surface area contributed by atoms with E-state index in [2.05, 4.69) is 10.3 Å². The molecule has 1 aromatic heterocycles. The maximum Gasteiger partial charge on any atom is 0.279 e. The number of aromatic amines is 1. The lowest BCUT2D eigenvalue weighted by Gasteiger charge is -2.17. The van der Waals surface area contributed by atoms with Gasteiger partial charge in [-0.1, -0.05) is 6.07 Å². The van der Waals surface area contributed by atoms with E-state index in [1.54, 1.807) is 18.3 Å². The molecule has 1 saturated heterocycles. The summed E-state index contributed by atoms with van der Waals surface area (Å²) in [6.07, 6.45) is 2.85. The van der Waals surface area contributed by atoms with Crippen LogP contribution in [0, 0.1) is 10.1 Å². The lowest BCUT2D eigenvalue weighted by Crippen LogP contribution is -2.28. The Morgan fingerprint density at radius 2 is 2.32 bits per heavy atom. The van der Waals surface area contributed by atoms with Crippen molar-refractivity contribution >= 4 is 16.6 Å². The predicted octanol–water partition coefficient (Wildman–Crippen LogP) is 1.86. The van der Waals surface area contributed by atoms with Gasteiger partial charge in [-0.05, 0) is 25.5 Å². The van der Waals surface area contributed by atoms with Crippen molar-refractivity contribution in [3.63, 3.8) is 0 Å². The van der Waals surface area contributed by atoms with Crippen LogP contribution in [0.4, 0.5) is 5.69 Å². The molecule has 0 radical (unpaired) electrons. The molecule has 0 bridgehead atoms. The molecule has 1 aromatic carbocycles. The van der Waals surface area contributed by atoms with Gasteiger partial charge in [-0.3, -0.25) is 10.1 Å². The van der Waals surface area contributed by atoms with Crippen LogP contribution in [-0.4, -0.2) is 27.6 Å². The largest absolute Gasteiger partial charge is 0.387 e. The van der Waals surface area contributed by atoms with Gasteiger partial charge in [-0.25, -0.2) is 0 Å². The number of aliphatic hydroxyl groups is 1.